The first-order valence-corrected chi connectivity index (χ1v) is 10.6. The van der Waals surface area contributed by atoms with Gasteiger partial charge in [0.2, 0.25) is 0 Å². The second-order valence-electron chi connectivity index (χ2n) is 7.62. The Morgan fingerprint density at radius 3 is 2.29 bits per heavy atom. The number of pyridine rings is 1. The molecular weight excluding hydrogens is 376 g/mol. The molecule has 0 spiro atoms. The third-order valence-corrected chi connectivity index (χ3v) is 5.96. The number of hydrogen-bond donors (Lipinski definition) is 0. The maximum atomic E-state index is 4.74. The van der Waals surface area contributed by atoms with Crippen molar-refractivity contribution in [2.24, 2.45) is 0 Å². The SMILES string of the molecule is C1=C\C/C(n2c3ccccc3c3cccnc32)=C\C=C2/C\C(=C/1)c1ccccc12.C=C. The number of para-hydroxylation sites is 1. The molecular formula is C29H24N2. The Kier molecular flexibility index (Phi) is 4.97. The molecule has 6 rings (SSSR count). The van der Waals surface area contributed by atoms with Crippen molar-refractivity contribution >= 4 is 38.8 Å². The lowest BCUT2D eigenvalue weighted by Gasteiger charge is -2.10. The zero-order valence-electron chi connectivity index (χ0n) is 17.5. The van der Waals surface area contributed by atoms with Gasteiger partial charge in [-0.15, -0.1) is 13.2 Å². The Labute approximate surface area is 182 Å². The molecule has 0 saturated heterocycles. The van der Waals surface area contributed by atoms with Gasteiger partial charge >= 0.3 is 0 Å². The summed E-state index contributed by atoms with van der Waals surface area (Å²) in [5.74, 6) is 0. The van der Waals surface area contributed by atoms with E-state index in [9.17, 15) is 0 Å². The van der Waals surface area contributed by atoms with Crippen LogP contribution in [0.25, 0.3) is 38.8 Å². The van der Waals surface area contributed by atoms with Crippen LogP contribution in [0, 0.1) is 0 Å². The predicted octanol–water partition coefficient (Wildman–Crippen LogP) is 7.66. The van der Waals surface area contributed by atoms with E-state index >= 15 is 0 Å². The molecule has 2 heteroatoms. The number of allylic oxidation sites excluding steroid dienone is 8. The molecule has 2 aromatic carbocycles. The van der Waals surface area contributed by atoms with Crippen LogP contribution in [0.5, 0.6) is 0 Å². The van der Waals surface area contributed by atoms with Crippen LogP contribution < -0.4 is 0 Å². The highest BCUT2D eigenvalue weighted by Crippen LogP contribution is 2.41. The number of benzene rings is 2. The molecule has 0 amide bonds. The van der Waals surface area contributed by atoms with Gasteiger partial charge in [0.05, 0.1) is 5.52 Å². The monoisotopic (exact) mass is 400 g/mol. The highest BCUT2D eigenvalue weighted by molar-refractivity contribution is 6.08. The number of nitrogens with zero attached hydrogens (tertiary/aromatic N) is 2. The predicted molar refractivity (Wildman–Crippen MR) is 134 cm³/mol. The maximum Gasteiger partial charge on any atom is 0.145 e. The van der Waals surface area contributed by atoms with Crippen LogP contribution >= 0.6 is 0 Å². The molecule has 0 saturated carbocycles. The lowest BCUT2D eigenvalue weighted by Crippen LogP contribution is -1.97. The quantitative estimate of drug-likeness (QED) is 0.300. The molecule has 0 radical (unpaired) electrons. The maximum absolute atomic E-state index is 4.74. The highest BCUT2D eigenvalue weighted by Gasteiger charge is 2.20. The van der Waals surface area contributed by atoms with Gasteiger partial charge in [-0.05, 0) is 53.0 Å². The average molecular weight is 401 g/mol. The first-order chi connectivity index (χ1) is 15.4. The van der Waals surface area contributed by atoms with Crippen LogP contribution in [0.2, 0.25) is 0 Å². The van der Waals surface area contributed by atoms with Crippen molar-refractivity contribution < 1.29 is 0 Å². The second kappa shape index (κ2) is 8.08. The average Bonchev–Trinajstić information content (AvgIpc) is 3.36. The van der Waals surface area contributed by atoms with E-state index < -0.39 is 0 Å². The lowest BCUT2D eigenvalue weighted by atomic mass is 10.1. The van der Waals surface area contributed by atoms with Gasteiger partial charge in [-0.3, -0.25) is 4.57 Å². The molecule has 4 aromatic rings. The van der Waals surface area contributed by atoms with Gasteiger partial charge in [0.15, 0.2) is 0 Å². The molecule has 2 aliphatic carbocycles. The number of aromatic nitrogens is 2. The van der Waals surface area contributed by atoms with E-state index in [0.717, 1.165) is 18.5 Å². The summed E-state index contributed by atoms with van der Waals surface area (Å²) in [7, 11) is 0. The van der Waals surface area contributed by atoms with Gasteiger partial charge < -0.3 is 0 Å². The Morgan fingerprint density at radius 2 is 1.45 bits per heavy atom. The van der Waals surface area contributed by atoms with Crippen molar-refractivity contribution in [3.63, 3.8) is 0 Å². The number of fused-ring (bicyclic) bond motifs is 8. The van der Waals surface area contributed by atoms with Crippen LogP contribution in [0.1, 0.15) is 24.0 Å². The molecule has 0 aliphatic heterocycles. The van der Waals surface area contributed by atoms with Gasteiger partial charge in [-0.25, -0.2) is 4.98 Å². The summed E-state index contributed by atoms with van der Waals surface area (Å²) in [6.45, 7) is 6.00. The van der Waals surface area contributed by atoms with Crippen LogP contribution in [0.3, 0.4) is 0 Å². The molecule has 2 aliphatic rings. The number of rotatable bonds is 1. The molecule has 0 unspecified atom stereocenters. The van der Waals surface area contributed by atoms with Gasteiger partial charge in [-0.2, -0.15) is 0 Å². The second-order valence-corrected chi connectivity index (χ2v) is 7.62. The topological polar surface area (TPSA) is 17.8 Å². The number of hydrogen-bond acceptors (Lipinski definition) is 1. The lowest BCUT2D eigenvalue weighted by molar-refractivity contribution is 1.11. The van der Waals surface area contributed by atoms with E-state index in [-0.39, 0.29) is 0 Å². The van der Waals surface area contributed by atoms with E-state index in [4.69, 9.17) is 4.98 Å². The fraction of sp³-hybridized carbons (Fsp3) is 0.0690. The molecule has 150 valence electrons. The van der Waals surface area contributed by atoms with Crippen molar-refractivity contribution in [2.45, 2.75) is 12.8 Å². The molecule has 0 atom stereocenters. The first kappa shape index (κ1) is 19.1. The summed E-state index contributed by atoms with van der Waals surface area (Å²) in [6, 6.07) is 21.5. The van der Waals surface area contributed by atoms with Crippen LogP contribution in [0.4, 0.5) is 0 Å². The molecule has 31 heavy (non-hydrogen) atoms. The van der Waals surface area contributed by atoms with E-state index in [2.05, 4.69) is 103 Å². The minimum atomic E-state index is 0.855. The van der Waals surface area contributed by atoms with E-state index in [1.807, 2.05) is 12.3 Å². The van der Waals surface area contributed by atoms with E-state index in [0.29, 0.717) is 0 Å². The standard InChI is InChI=1S/C27H20N2.C2H4/c1-2-9-21(16-15-20-18-19(8-1)22-10-3-4-11-23(20)22)29-26-14-6-5-12-24(26)25-13-7-17-28-27(25)29;1-2/h1-8,10-17H,9,18H2;1-2H2/b2-1-,19-8+,20-15+,21-16+;. The summed E-state index contributed by atoms with van der Waals surface area (Å²) in [6.07, 6.45) is 15.0. The van der Waals surface area contributed by atoms with Crippen molar-refractivity contribution in [2.75, 3.05) is 0 Å². The molecule has 0 N–H and O–H groups in total. The summed E-state index contributed by atoms with van der Waals surface area (Å²) in [5, 5.41) is 2.45. The summed E-state index contributed by atoms with van der Waals surface area (Å²) < 4.78 is 2.32. The molecule has 2 heterocycles. The van der Waals surface area contributed by atoms with Gasteiger partial charge in [0, 0.05) is 29.1 Å². The Morgan fingerprint density at radius 1 is 0.742 bits per heavy atom. The Balaban J connectivity index is 0.000000994. The highest BCUT2D eigenvalue weighted by atomic mass is 15.0. The van der Waals surface area contributed by atoms with E-state index in [1.165, 1.54) is 44.3 Å². The fourth-order valence-corrected chi connectivity index (χ4v) is 4.63. The normalized spacial score (nSPS) is 21.0. The smallest absolute Gasteiger partial charge is 0.145 e. The van der Waals surface area contributed by atoms with Crippen molar-refractivity contribution in [1.29, 1.82) is 0 Å². The molecule has 2 nitrogen and oxygen atoms in total. The summed E-state index contributed by atoms with van der Waals surface area (Å²) >= 11 is 0. The Bertz CT molecular complexity index is 1360. The fourth-order valence-electron chi connectivity index (χ4n) is 4.63. The van der Waals surface area contributed by atoms with Crippen LogP contribution in [0.15, 0.2) is 110 Å². The minimum Gasteiger partial charge on any atom is -0.297 e. The van der Waals surface area contributed by atoms with Crippen molar-refractivity contribution in [3.05, 3.63) is 122 Å². The summed E-state index contributed by atoms with van der Waals surface area (Å²) in [4.78, 5) is 4.74. The van der Waals surface area contributed by atoms with Crippen LogP contribution in [-0.2, 0) is 0 Å². The van der Waals surface area contributed by atoms with Gasteiger partial charge in [0.25, 0.3) is 0 Å². The van der Waals surface area contributed by atoms with Gasteiger partial charge in [0.1, 0.15) is 5.65 Å². The molecule has 2 bridgehead atoms. The van der Waals surface area contributed by atoms with Gasteiger partial charge in [-0.1, -0.05) is 66.8 Å². The third kappa shape index (κ3) is 3.17. The Hall–Kier alpha value is -3.91. The zero-order chi connectivity index (χ0) is 21.2. The summed E-state index contributed by atoms with van der Waals surface area (Å²) in [5.41, 5.74) is 8.96. The molecule has 0 fully saturated rings. The van der Waals surface area contributed by atoms with Crippen molar-refractivity contribution in [1.82, 2.24) is 9.55 Å². The molecule has 2 aromatic heterocycles. The van der Waals surface area contributed by atoms with E-state index in [1.54, 1.807) is 0 Å². The third-order valence-electron chi connectivity index (χ3n) is 5.96. The zero-order valence-corrected chi connectivity index (χ0v) is 17.5. The minimum absolute atomic E-state index is 0.855. The van der Waals surface area contributed by atoms with Crippen LogP contribution in [-0.4, -0.2) is 9.55 Å². The largest absolute Gasteiger partial charge is 0.297 e. The first-order valence-electron chi connectivity index (χ1n) is 10.6. The van der Waals surface area contributed by atoms with Crippen molar-refractivity contribution in [3.8, 4) is 0 Å².